The Labute approximate surface area is 159 Å². The molecule has 0 aliphatic heterocycles. The van der Waals surface area contributed by atoms with Gasteiger partial charge >= 0.3 is 0 Å². The average molecular weight is 395 g/mol. The smallest absolute Gasteiger partial charge is 0.252 e. The maximum absolute atomic E-state index is 12.3. The van der Waals surface area contributed by atoms with Crippen LogP contribution in [-0.2, 0) is 18.3 Å². The van der Waals surface area contributed by atoms with Crippen LogP contribution in [0.1, 0.15) is 12.5 Å². The molecule has 1 heterocycles. The van der Waals surface area contributed by atoms with Crippen molar-refractivity contribution >= 4 is 50.7 Å². The van der Waals surface area contributed by atoms with Gasteiger partial charge in [0.1, 0.15) is 5.75 Å². The first-order valence-corrected chi connectivity index (χ1v) is 9.29. The lowest BCUT2D eigenvalue weighted by atomic mass is 10.1. The molecule has 3 rings (SSSR count). The Bertz CT molecular complexity index is 991. The summed E-state index contributed by atoms with van der Waals surface area (Å²) in [5.74, 6) is 0.576. The third-order valence-electron chi connectivity index (χ3n) is 3.67. The van der Waals surface area contributed by atoms with Crippen molar-refractivity contribution in [3.8, 4) is 5.75 Å². The van der Waals surface area contributed by atoms with E-state index < -0.39 is 0 Å². The van der Waals surface area contributed by atoms with E-state index in [0.29, 0.717) is 21.5 Å². The Morgan fingerprint density at radius 2 is 1.92 bits per heavy atom. The highest BCUT2D eigenvalue weighted by Gasteiger charge is 2.11. The number of ether oxygens (including phenoxy) is 1. The number of amides is 1. The van der Waals surface area contributed by atoms with E-state index in [9.17, 15) is 4.79 Å². The molecule has 130 valence electrons. The summed E-state index contributed by atoms with van der Waals surface area (Å²) in [5, 5.41) is 0.952. The van der Waals surface area contributed by atoms with Crippen molar-refractivity contribution in [2.45, 2.75) is 13.3 Å². The molecule has 0 radical (unpaired) electrons. The number of hydrogen-bond acceptors (Lipinski definition) is 3. The van der Waals surface area contributed by atoms with Gasteiger partial charge in [0.2, 0.25) is 0 Å². The van der Waals surface area contributed by atoms with Gasteiger partial charge in [-0.1, -0.05) is 46.7 Å². The van der Waals surface area contributed by atoms with E-state index in [4.69, 9.17) is 27.9 Å². The number of halogens is 2. The highest BCUT2D eigenvalue weighted by atomic mass is 35.5. The zero-order valence-electron chi connectivity index (χ0n) is 13.8. The number of nitrogens with zero attached hydrogens (tertiary/aromatic N) is 2. The molecule has 0 saturated heterocycles. The molecule has 1 amide bonds. The molecule has 0 saturated carbocycles. The predicted octanol–water partition coefficient (Wildman–Crippen LogP) is 4.62. The van der Waals surface area contributed by atoms with Crippen molar-refractivity contribution in [3.05, 3.63) is 56.8 Å². The molecule has 0 N–H and O–H groups in total. The first-order chi connectivity index (χ1) is 12.0. The summed E-state index contributed by atoms with van der Waals surface area (Å²) in [7, 11) is 1.82. The van der Waals surface area contributed by atoms with E-state index in [1.807, 2.05) is 44.3 Å². The summed E-state index contributed by atoms with van der Waals surface area (Å²) in [6, 6.07) is 11.1. The monoisotopic (exact) mass is 394 g/mol. The quantitative estimate of drug-likeness (QED) is 0.647. The number of thiazole rings is 1. The van der Waals surface area contributed by atoms with Crippen LogP contribution < -0.4 is 9.54 Å². The first-order valence-electron chi connectivity index (χ1n) is 7.72. The zero-order chi connectivity index (χ0) is 18.0. The van der Waals surface area contributed by atoms with Crippen LogP contribution in [0.25, 0.3) is 10.2 Å². The topological polar surface area (TPSA) is 43.6 Å². The summed E-state index contributed by atoms with van der Waals surface area (Å²) in [5.41, 5.74) is 1.67. The third-order valence-corrected chi connectivity index (χ3v) is 5.56. The molecule has 25 heavy (non-hydrogen) atoms. The number of rotatable bonds is 4. The second-order valence-corrected chi connectivity index (χ2v) is 7.21. The Morgan fingerprint density at radius 1 is 1.20 bits per heavy atom. The fourth-order valence-corrected chi connectivity index (χ4v) is 4.01. The molecule has 0 aliphatic carbocycles. The Balaban J connectivity index is 1.87. The molecular weight excluding hydrogens is 379 g/mol. The Morgan fingerprint density at radius 3 is 2.60 bits per heavy atom. The minimum Gasteiger partial charge on any atom is -0.494 e. The van der Waals surface area contributed by atoms with E-state index in [0.717, 1.165) is 21.5 Å². The molecule has 0 aliphatic rings. The van der Waals surface area contributed by atoms with Crippen LogP contribution in [0.3, 0.4) is 0 Å². The van der Waals surface area contributed by atoms with E-state index in [-0.39, 0.29) is 12.3 Å². The first kappa shape index (κ1) is 18.0. The van der Waals surface area contributed by atoms with E-state index in [1.54, 1.807) is 10.6 Å². The van der Waals surface area contributed by atoms with Gasteiger partial charge in [-0.25, -0.2) is 0 Å². The number of aryl methyl sites for hydroxylation is 1. The molecule has 3 aromatic rings. The summed E-state index contributed by atoms with van der Waals surface area (Å²) in [6.45, 7) is 2.55. The van der Waals surface area contributed by atoms with Gasteiger partial charge in [-0.15, -0.1) is 0 Å². The Hall–Kier alpha value is -1.82. The fourth-order valence-electron chi connectivity index (χ4n) is 2.47. The van der Waals surface area contributed by atoms with Gasteiger partial charge in [-0.2, -0.15) is 4.99 Å². The van der Waals surface area contributed by atoms with Crippen LogP contribution in [-0.4, -0.2) is 17.1 Å². The van der Waals surface area contributed by atoms with Crippen LogP contribution in [0.4, 0.5) is 0 Å². The summed E-state index contributed by atoms with van der Waals surface area (Å²) in [6.07, 6.45) is 0.231. The van der Waals surface area contributed by atoms with Gasteiger partial charge in [0.05, 0.1) is 33.3 Å². The Kier molecular flexibility index (Phi) is 5.47. The van der Waals surface area contributed by atoms with Gasteiger partial charge in [0.25, 0.3) is 5.91 Å². The van der Waals surface area contributed by atoms with Crippen molar-refractivity contribution in [2.24, 2.45) is 12.0 Å². The molecule has 0 bridgehead atoms. The molecular formula is C18H16Cl2N2O2S. The molecule has 0 unspecified atom stereocenters. The van der Waals surface area contributed by atoms with Crippen LogP contribution in [0, 0.1) is 0 Å². The summed E-state index contributed by atoms with van der Waals surface area (Å²) >= 11 is 13.7. The van der Waals surface area contributed by atoms with Crippen LogP contribution in [0.2, 0.25) is 10.0 Å². The maximum atomic E-state index is 12.3. The average Bonchev–Trinajstić information content (AvgIpc) is 2.90. The minimum atomic E-state index is -0.214. The van der Waals surface area contributed by atoms with Gasteiger partial charge in [0, 0.05) is 7.05 Å². The number of carbonyl (C=O) groups excluding carboxylic acids is 1. The van der Waals surface area contributed by atoms with Crippen molar-refractivity contribution in [2.75, 3.05) is 6.61 Å². The standard InChI is InChI=1S/C18H16Cl2N2O2S/c1-3-24-12-6-4-11(5-7-12)10-15(23)21-18-22(2)17-14(25-18)9-8-13(19)16(17)20/h4-9H,3,10H2,1-2H3. The largest absolute Gasteiger partial charge is 0.494 e. The molecule has 7 heteroatoms. The van der Waals surface area contributed by atoms with E-state index in [2.05, 4.69) is 4.99 Å². The molecule has 4 nitrogen and oxygen atoms in total. The summed E-state index contributed by atoms with van der Waals surface area (Å²) < 4.78 is 8.13. The van der Waals surface area contributed by atoms with Gasteiger partial charge < -0.3 is 9.30 Å². The van der Waals surface area contributed by atoms with Gasteiger partial charge in [-0.05, 0) is 36.8 Å². The van der Waals surface area contributed by atoms with Crippen molar-refractivity contribution < 1.29 is 9.53 Å². The molecule has 1 aromatic heterocycles. The lowest BCUT2D eigenvalue weighted by Crippen LogP contribution is -2.14. The van der Waals surface area contributed by atoms with Crippen molar-refractivity contribution in [1.29, 1.82) is 0 Å². The number of aromatic nitrogens is 1. The third kappa shape index (κ3) is 3.89. The SMILES string of the molecule is CCOc1ccc(CC(=O)N=c2sc3ccc(Cl)c(Cl)c3n2C)cc1. The number of benzene rings is 2. The zero-order valence-corrected chi connectivity index (χ0v) is 16.1. The van der Waals surface area contributed by atoms with Crippen molar-refractivity contribution in [3.63, 3.8) is 0 Å². The molecule has 0 atom stereocenters. The van der Waals surface area contributed by atoms with Crippen LogP contribution in [0.5, 0.6) is 5.75 Å². The second kappa shape index (κ2) is 7.60. The molecule has 0 fully saturated rings. The fraction of sp³-hybridized carbons (Fsp3) is 0.222. The minimum absolute atomic E-state index is 0.214. The van der Waals surface area contributed by atoms with E-state index in [1.165, 1.54) is 11.3 Å². The highest BCUT2D eigenvalue weighted by Crippen LogP contribution is 2.31. The number of fused-ring (bicyclic) bond motifs is 1. The lowest BCUT2D eigenvalue weighted by molar-refractivity contribution is -0.117. The van der Waals surface area contributed by atoms with Gasteiger partial charge in [0.15, 0.2) is 4.80 Å². The number of hydrogen-bond donors (Lipinski definition) is 0. The molecule has 0 spiro atoms. The predicted molar refractivity (Wildman–Crippen MR) is 103 cm³/mol. The van der Waals surface area contributed by atoms with Gasteiger partial charge in [-0.3, -0.25) is 4.79 Å². The number of carbonyl (C=O) groups is 1. The van der Waals surface area contributed by atoms with E-state index >= 15 is 0 Å². The normalized spacial score (nSPS) is 11.9. The lowest BCUT2D eigenvalue weighted by Gasteiger charge is -2.03. The maximum Gasteiger partial charge on any atom is 0.252 e. The van der Waals surface area contributed by atoms with Crippen molar-refractivity contribution in [1.82, 2.24) is 4.57 Å². The second-order valence-electron chi connectivity index (χ2n) is 5.41. The highest BCUT2D eigenvalue weighted by molar-refractivity contribution is 7.16. The van der Waals surface area contributed by atoms with Crippen LogP contribution >= 0.6 is 34.5 Å². The summed E-state index contributed by atoms with van der Waals surface area (Å²) in [4.78, 5) is 17.1. The molecule has 2 aromatic carbocycles. The van der Waals surface area contributed by atoms with Crippen LogP contribution in [0.15, 0.2) is 41.4 Å².